The molecular weight excluding hydrogens is 424 g/mol. The molecule has 2 N–H and O–H groups in total. The number of nitrogens with one attached hydrogen (secondary N) is 2. The fourth-order valence-corrected chi connectivity index (χ4v) is 4.74. The zero-order valence-electron chi connectivity index (χ0n) is 18.9. The van der Waals surface area contributed by atoms with Gasteiger partial charge in [0.1, 0.15) is 5.00 Å². The molecule has 0 aliphatic carbocycles. The van der Waals surface area contributed by atoms with Crippen LogP contribution in [0.15, 0.2) is 36.4 Å². The van der Waals surface area contributed by atoms with Crippen LogP contribution in [0.4, 0.5) is 5.00 Å². The molecule has 0 saturated heterocycles. The van der Waals surface area contributed by atoms with E-state index in [9.17, 15) is 4.79 Å². The molecule has 0 unspecified atom stereocenters. The Kier molecular flexibility index (Phi) is 12.2. The summed E-state index contributed by atoms with van der Waals surface area (Å²) in [7, 11) is 0. The second-order valence-corrected chi connectivity index (χ2v) is 9.24. The predicted molar refractivity (Wildman–Crippen MR) is 136 cm³/mol. The first kappa shape index (κ1) is 25.3. The van der Waals surface area contributed by atoms with E-state index in [1.54, 1.807) is 11.3 Å². The molecule has 0 fully saturated rings. The van der Waals surface area contributed by atoms with E-state index < -0.39 is 0 Å². The second-order valence-electron chi connectivity index (χ2n) is 7.69. The number of rotatable bonds is 14. The molecule has 0 spiro atoms. The summed E-state index contributed by atoms with van der Waals surface area (Å²) in [5, 5.41) is 7.80. The molecule has 0 atom stereocenters. The molecule has 1 aromatic carbocycles. The summed E-state index contributed by atoms with van der Waals surface area (Å²) >= 11 is 7.02. The maximum atomic E-state index is 12.4. The fraction of sp³-hybridized carbons (Fsp3) is 0.520. The van der Waals surface area contributed by atoms with Crippen LogP contribution in [0.25, 0.3) is 0 Å². The monoisotopic (exact) mass is 460 g/mol. The van der Waals surface area contributed by atoms with Crippen molar-refractivity contribution in [3.8, 4) is 0 Å². The molecular formula is C25H36N2O2S2. The summed E-state index contributed by atoms with van der Waals surface area (Å²) in [6.45, 7) is 5.26. The van der Waals surface area contributed by atoms with E-state index in [-0.39, 0.29) is 5.97 Å². The Morgan fingerprint density at radius 3 is 2.35 bits per heavy atom. The minimum Gasteiger partial charge on any atom is -0.462 e. The maximum Gasteiger partial charge on any atom is 0.341 e. The van der Waals surface area contributed by atoms with Gasteiger partial charge in [-0.05, 0) is 37.2 Å². The first-order valence-corrected chi connectivity index (χ1v) is 12.7. The Labute approximate surface area is 196 Å². The van der Waals surface area contributed by atoms with Crippen molar-refractivity contribution in [2.45, 2.75) is 71.6 Å². The number of thiocarbonyl (C=S) groups is 1. The average molecular weight is 461 g/mol. The summed E-state index contributed by atoms with van der Waals surface area (Å²) < 4.78 is 5.24. The highest BCUT2D eigenvalue weighted by Crippen LogP contribution is 2.30. The molecule has 170 valence electrons. The van der Waals surface area contributed by atoms with Crippen LogP contribution >= 0.6 is 23.6 Å². The van der Waals surface area contributed by atoms with E-state index in [4.69, 9.17) is 17.0 Å². The fourth-order valence-electron chi connectivity index (χ4n) is 3.39. The van der Waals surface area contributed by atoms with Gasteiger partial charge in [-0.15, -0.1) is 11.3 Å². The largest absolute Gasteiger partial charge is 0.462 e. The molecule has 1 aromatic heterocycles. The summed E-state index contributed by atoms with van der Waals surface area (Å²) in [6.07, 6.45) is 11.1. The lowest BCUT2D eigenvalue weighted by atomic mass is 10.1. The number of hydrogen-bond acceptors (Lipinski definition) is 4. The van der Waals surface area contributed by atoms with Gasteiger partial charge in [0.25, 0.3) is 0 Å². The van der Waals surface area contributed by atoms with Crippen molar-refractivity contribution in [2.24, 2.45) is 0 Å². The number of anilines is 1. The number of ether oxygens (including phenoxy) is 1. The van der Waals surface area contributed by atoms with Crippen molar-refractivity contribution < 1.29 is 9.53 Å². The number of benzene rings is 1. The van der Waals surface area contributed by atoms with Crippen LogP contribution in [-0.4, -0.2) is 24.2 Å². The zero-order valence-corrected chi connectivity index (χ0v) is 20.5. The second kappa shape index (κ2) is 15.0. The molecule has 2 aromatic rings. The van der Waals surface area contributed by atoms with Gasteiger partial charge in [-0.1, -0.05) is 82.2 Å². The highest BCUT2D eigenvalue weighted by Gasteiger charge is 2.18. The lowest BCUT2D eigenvalue weighted by Crippen LogP contribution is -2.29. The third kappa shape index (κ3) is 9.83. The van der Waals surface area contributed by atoms with Gasteiger partial charge in [-0.3, -0.25) is 0 Å². The molecule has 0 bridgehead atoms. The van der Waals surface area contributed by atoms with Gasteiger partial charge in [0.2, 0.25) is 0 Å². The summed E-state index contributed by atoms with van der Waals surface area (Å²) in [4.78, 5) is 13.5. The Bertz CT molecular complexity index is 790. The van der Waals surface area contributed by atoms with Gasteiger partial charge in [0.15, 0.2) is 5.11 Å². The van der Waals surface area contributed by atoms with Crippen molar-refractivity contribution in [3.63, 3.8) is 0 Å². The highest BCUT2D eigenvalue weighted by atomic mass is 32.1. The molecule has 0 saturated carbocycles. The molecule has 0 radical (unpaired) electrons. The molecule has 2 rings (SSSR count). The predicted octanol–water partition coefficient (Wildman–Crippen LogP) is 6.94. The van der Waals surface area contributed by atoms with Crippen LogP contribution in [0.3, 0.4) is 0 Å². The minimum absolute atomic E-state index is 0.313. The normalized spacial score (nSPS) is 10.6. The van der Waals surface area contributed by atoms with Crippen molar-refractivity contribution in [1.29, 1.82) is 0 Å². The highest BCUT2D eigenvalue weighted by molar-refractivity contribution is 7.80. The standard InChI is InChI=1S/C25H36N2O2S2/c1-3-5-6-7-8-9-10-14-17-26-25(30)27-23-22(24(28)29-4-2)19-21(31-23)18-20-15-12-11-13-16-20/h11-13,15-16,19H,3-10,14,17-18H2,1-2H3,(H2,26,27,30). The third-order valence-corrected chi connectivity index (χ3v) is 6.34. The molecule has 31 heavy (non-hydrogen) atoms. The van der Waals surface area contributed by atoms with Crippen molar-refractivity contribution >= 4 is 39.6 Å². The lowest BCUT2D eigenvalue weighted by molar-refractivity contribution is 0.0528. The maximum absolute atomic E-state index is 12.4. The number of carbonyl (C=O) groups excluding carboxylic acids is 1. The van der Waals surface area contributed by atoms with E-state index >= 15 is 0 Å². The number of hydrogen-bond donors (Lipinski definition) is 2. The molecule has 0 aliphatic rings. The third-order valence-electron chi connectivity index (χ3n) is 5.04. The molecule has 4 nitrogen and oxygen atoms in total. The van der Waals surface area contributed by atoms with E-state index in [2.05, 4.69) is 29.7 Å². The Balaban J connectivity index is 1.83. The topological polar surface area (TPSA) is 50.4 Å². The van der Waals surface area contributed by atoms with Gasteiger partial charge in [-0.2, -0.15) is 0 Å². The van der Waals surface area contributed by atoms with E-state index in [0.29, 0.717) is 17.3 Å². The van der Waals surface area contributed by atoms with Crippen LogP contribution < -0.4 is 10.6 Å². The number of carbonyl (C=O) groups is 1. The SMILES string of the molecule is CCCCCCCCCCNC(=S)Nc1sc(Cc2ccccc2)cc1C(=O)OCC. The van der Waals surface area contributed by atoms with Crippen LogP contribution in [-0.2, 0) is 11.2 Å². The molecule has 1 heterocycles. The van der Waals surface area contributed by atoms with Crippen LogP contribution in [0.2, 0.25) is 0 Å². The van der Waals surface area contributed by atoms with Gasteiger partial charge in [0, 0.05) is 17.8 Å². The average Bonchev–Trinajstić information content (AvgIpc) is 3.15. The van der Waals surface area contributed by atoms with E-state index in [0.717, 1.165) is 29.3 Å². The quantitative estimate of drug-likeness (QED) is 0.182. The molecule has 0 amide bonds. The van der Waals surface area contributed by atoms with Gasteiger partial charge in [0.05, 0.1) is 12.2 Å². The first-order chi connectivity index (χ1) is 15.1. The van der Waals surface area contributed by atoms with E-state index in [1.165, 1.54) is 50.5 Å². The lowest BCUT2D eigenvalue weighted by Gasteiger charge is -2.10. The van der Waals surface area contributed by atoms with Crippen LogP contribution in [0, 0.1) is 0 Å². The number of unbranched alkanes of at least 4 members (excludes halogenated alkanes) is 7. The van der Waals surface area contributed by atoms with E-state index in [1.807, 2.05) is 31.2 Å². The Hall–Kier alpha value is -1.92. The zero-order chi connectivity index (χ0) is 22.3. The smallest absolute Gasteiger partial charge is 0.341 e. The summed E-state index contributed by atoms with van der Waals surface area (Å²) in [5.41, 5.74) is 1.76. The summed E-state index contributed by atoms with van der Waals surface area (Å²) in [5.74, 6) is -0.313. The molecule has 0 aliphatic heterocycles. The number of thiophene rings is 1. The van der Waals surface area contributed by atoms with Gasteiger partial charge >= 0.3 is 5.97 Å². The van der Waals surface area contributed by atoms with Gasteiger partial charge in [-0.25, -0.2) is 4.79 Å². The molecule has 6 heteroatoms. The minimum atomic E-state index is -0.313. The van der Waals surface area contributed by atoms with Crippen molar-refractivity contribution in [1.82, 2.24) is 5.32 Å². The van der Waals surface area contributed by atoms with Crippen molar-refractivity contribution in [2.75, 3.05) is 18.5 Å². The van der Waals surface area contributed by atoms with Gasteiger partial charge < -0.3 is 15.4 Å². The van der Waals surface area contributed by atoms with Crippen LogP contribution in [0.5, 0.6) is 0 Å². The Morgan fingerprint density at radius 2 is 1.68 bits per heavy atom. The first-order valence-electron chi connectivity index (χ1n) is 11.5. The summed E-state index contributed by atoms with van der Waals surface area (Å²) in [6, 6.07) is 12.2. The van der Waals surface area contributed by atoms with Crippen molar-refractivity contribution in [3.05, 3.63) is 52.4 Å². The number of esters is 1. The van der Waals surface area contributed by atoms with Crippen LogP contribution in [0.1, 0.15) is 86.0 Å². The Morgan fingerprint density at radius 1 is 1.00 bits per heavy atom.